The van der Waals surface area contributed by atoms with Gasteiger partial charge in [-0.05, 0) is 37.1 Å². The van der Waals surface area contributed by atoms with Gasteiger partial charge in [-0.1, -0.05) is 0 Å². The second-order valence-electron chi connectivity index (χ2n) is 4.57. The van der Waals surface area contributed by atoms with Crippen LogP contribution in [0.1, 0.15) is 24.8 Å². The summed E-state index contributed by atoms with van der Waals surface area (Å²) in [4.78, 5) is 27.2. The van der Waals surface area contributed by atoms with Crippen LogP contribution in [0.15, 0.2) is 24.3 Å². The highest BCUT2D eigenvalue weighted by Crippen LogP contribution is 2.31. The Kier molecular flexibility index (Phi) is 3.96. The van der Waals surface area contributed by atoms with Gasteiger partial charge in [0.25, 0.3) is 0 Å². The molecule has 0 bridgehead atoms. The van der Waals surface area contributed by atoms with E-state index >= 15 is 0 Å². The zero-order valence-corrected chi connectivity index (χ0v) is 10.4. The first-order chi connectivity index (χ1) is 9.36. The second kappa shape index (κ2) is 5.52. The summed E-state index contributed by atoms with van der Waals surface area (Å²) in [7, 11) is 0. The van der Waals surface area contributed by atoms with Crippen LogP contribution >= 0.6 is 0 Å². The van der Waals surface area contributed by atoms with Gasteiger partial charge in [0.15, 0.2) is 0 Å². The number of alkyl halides is 3. The fourth-order valence-electron chi connectivity index (χ4n) is 1.57. The van der Waals surface area contributed by atoms with E-state index in [1.807, 2.05) is 0 Å². The van der Waals surface area contributed by atoms with Crippen molar-refractivity contribution in [1.29, 1.82) is 0 Å². The Balaban J connectivity index is 1.81. The van der Waals surface area contributed by atoms with Crippen LogP contribution in [0.3, 0.4) is 0 Å². The van der Waals surface area contributed by atoms with Gasteiger partial charge in [0.1, 0.15) is 12.2 Å². The number of halogens is 3. The minimum atomic E-state index is -4.41. The van der Waals surface area contributed by atoms with Crippen molar-refractivity contribution in [2.24, 2.45) is 5.92 Å². The van der Waals surface area contributed by atoms with E-state index in [0.29, 0.717) is 0 Å². The lowest BCUT2D eigenvalue weighted by Gasteiger charge is -2.09. The van der Waals surface area contributed by atoms with Gasteiger partial charge in [-0.25, -0.2) is 10.3 Å². The number of Topliss-reactive ketones (excluding diaryl/α,β-unsaturated/α-hetero) is 1. The molecule has 1 fully saturated rings. The average Bonchev–Trinajstić information content (AvgIpc) is 3.20. The predicted molar refractivity (Wildman–Crippen MR) is 63.5 cm³/mol. The first kappa shape index (κ1) is 14.4. The van der Waals surface area contributed by atoms with Crippen molar-refractivity contribution in [3.05, 3.63) is 29.8 Å². The number of nitrogens with one attached hydrogen (secondary N) is 1. The lowest BCUT2D eigenvalue weighted by molar-refractivity contribution is -0.144. The van der Waals surface area contributed by atoms with Crippen molar-refractivity contribution in [2.45, 2.75) is 25.4 Å². The Morgan fingerprint density at radius 2 is 1.80 bits per heavy atom. The molecular formula is C13H12F3NO3. The molecule has 0 heterocycles. The van der Waals surface area contributed by atoms with Crippen LogP contribution in [0.4, 0.5) is 18.9 Å². The van der Waals surface area contributed by atoms with Gasteiger partial charge in [0.2, 0.25) is 0 Å². The van der Waals surface area contributed by atoms with E-state index in [9.17, 15) is 22.8 Å². The van der Waals surface area contributed by atoms with Crippen molar-refractivity contribution in [1.82, 2.24) is 0 Å². The highest BCUT2D eigenvalue weighted by atomic mass is 19.4. The maximum atomic E-state index is 12.3. The molecule has 0 radical (unpaired) electrons. The lowest BCUT2D eigenvalue weighted by Crippen LogP contribution is -2.16. The first-order valence-corrected chi connectivity index (χ1v) is 6.02. The predicted octanol–water partition coefficient (Wildman–Crippen LogP) is 2.94. The third-order valence-corrected chi connectivity index (χ3v) is 2.85. The molecule has 0 aromatic heterocycles. The Morgan fingerprint density at radius 1 is 1.20 bits per heavy atom. The highest BCUT2D eigenvalue weighted by molar-refractivity contribution is 5.98. The van der Waals surface area contributed by atoms with Crippen molar-refractivity contribution in [3.63, 3.8) is 0 Å². The fraction of sp³-hybridized carbons (Fsp3) is 0.385. The van der Waals surface area contributed by atoms with E-state index < -0.39 is 17.7 Å². The highest BCUT2D eigenvalue weighted by Gasteiger charge is 2.31. The van der Waals surface area contributed by atoms with Crippen LogP contribution in [0.2, 0.25) is 0 Å². The Labute approximate surface area is 112 Å². The Bertz CT molecular complexity index is 507. The maximum absolute atomic E-state index is 12.3. The molecule has 0 spiro atoms. The molecule has 1 aromatic carbocycles. The van der Waals surface area contributed by atoms with Gasteiger partial charge >= 0.3 is 12.1 Å². The lowest BCUT2D eigenvalue weighted by atomic mass is 10.2. The SMILES string of the molecule is O=C(CC(=O)C1CC1)ONc1ccc(C(F)(F)F)cc1. The summed E-state index contributed by atoms with van der Waals surface area (Å²) in [6.07, 6.45) is -3.12. The summed E-state index contributed by atoms with van der Waals surface area (Å²) in [5, 5.41) is 0. The first-order valence-electron chi connectivity index (χ1n) is 6.02. The van der Waals surface area contributed by atoms with Crippen LogP contribution in [-0.2, 0) is 20.6 Å². The maximum Gasteiger partial charge on any atom is 0.416 e. The Morgan fingerprint density at radius 3 is 2.30 bits per heavy atom. The van der Waals surface area contributed by atoms with Crippen LogP contribution in [-0.4, -0.2) is 11.8 Å². The zero-order valence-electron chi connectivity index (χ0n) is 10.4. The normalized spacial score (nSPS) is 14.8. The topological polar surface area (TPSA) is 55.4 Å². The van der Waals surface area contributed by atoms with E-state index in [1.54, 1.807) is 0 Å². The third-order valence-electron chi connectivity index (χ3n) is 2.85. The third kappa shape index (κ3) is 3.97. The molecule has 1 aliphatic carbocycles. The molecule has 108 valence electrons. The number of hydrogen-bond donors (Lipinski definition) is 1. The van der Waals surface area contributed by atoms with Crippen LogP contribution in [0.5, 0.6) is 0 Å². The van der Waals surface area contributed by atoms with Gasteiger partial charge in [-0.2, -0.15) is 13.2 Å². The number of benzene rings is 1. The minimum absolute atomic E-state index is 0.0337. The number of anilines is 1. The molecule has 4 nitrogen and oxygen atoms in total. The van der Waals surface area contributed by atoms with E-state index in [0.717, 1.165) is 37.1 Å². The van der Waals surface area contributed by atoms with E-state index in [1.165, 1.54) is 0 Å². The summed E-state index contributed by atoms with van der Waals surface area (Å²) in [6, 6.07) is 4.01. The number of ketones is 1. The zero-order chi connectivity index (χ0) is 14.8. The number of carbonyl (C=O) groups is 2. The van der Waals surface area contributed by atoms with Gasteiger partial charge in [0, 0.05) is 5.92 Å². The standard InChI is InChI=1S/C13H12F3NO3/c14-13(15,16)9-3-5-10(6-4-9)17-20-12(19)7-11(18)8-1-2-8/h3-6,8,17H,1-2,7H2. The molecule has 1 aliphatic rings. The molecule has 0 atom stereocenters. The summed E-state index contributed by atoms with van der Waals surface area (Å²) in [6.45, 7) is 0. The van der Waals surface area contributed by atoms with E-state index in [-0.39, 0.29) is 23.8 Å². The van der Waals surface area contributed by atoms with Crippen molar-refractivity contribution < 1.29 is 27.6 Å². The van der Waals surface area contributed by atoms with E-state index in [2.05, 4.69) is 10.3 Å². The smallest absolute Gasteiger partial charge is 0.343 e. The van der Waals surface area contributed by atoms with Crippen molar-refractivity contribution >= 4 is 17.4 Å². The molecule has 7 heteroatoms. The van der Waals surface area contributed by atoms with Gasteiger partial charge in [0.05, 0.1) is 11.3 Å². The Hall–Kier alpha value is -2.05. The largest absolute Gasteiger partial charge is 0.416 e. The second-order valence-corrected chi connectivity index (χ2v) is 4.57. The molecule has 1 aromatic rings. The van der Waals surface area contributed by atoms with E-state index in [4.69, 9.17) is 0 Å². The molecular weight excluding hydrogens is 275 g/mol. The van der Waals surface area contributed by atoms with Gasteiger partial charge in [-0.15, -0.1) is 0 Å². The van der Waals surface area contributed by atoms with Crippen molar-refractivity contribution in [2.75, 3.05) is 5.48 Å². The molecule has 0 aliphatic heterocycles. The molecule has 20 heavy (non-hydrogen) atoms. The van der Waals surface area contributed by atoms with Crippen LogP contribution < -0.4 is 5.48 Å². The minimum Gasteiger partial charge on any atom is -0.343 e. The van der Waals surface area contributed by atoms with Gasteiger partial charge < -0.3 is 4.84 Å². The number of hydrogen-bond acceptors (Lipinski definition) is 4. The molecule has 1 N–H and O–H groups in total. The number of rotatable bonds is 5. The number of carbonyl (C=O) groups excluding carboxylic acids is 2. The average molecular weight is 287 g/mol. The summed E-state index contributed by atoms with van der Waals surface area (Å²) in [5.74, 6) is -0.945. The molecule has 0 saturated heterocycles. The monoisotopic (exact) mass is 287 g/mol. The quantitative estimate of drug-likeness (QED) is 0.668. The van der Waals surface area contributed by atoms with Gasteiger partial charge in [-0.3, -0.25) is 4.79 Å². The molecule has 0 unspecified atom stereocenters. The summed E-state index contributed by atoms with van der Waals surface area (Å²) in [5.41, 5.74) is 1.62. The molecule has 1 saturated carbocycles. The molecule has 2 rings (SSSR count). The van der Waals surface area contributed by atoms with Crippen LogP contribution in [0.25, 0.3) is 0 Å². The van der Waals surface area contributed by atoms with Crippen molar-refractivity contribution in [3.8, 4) is 0 Å². The fourth-order valence-corrected chi connectivity index (χ4v) is 1.57. The van der Waals surface area contributed by atoms with Crippen LogP contribution in [0, 0.1) is 5.92 Å². The summed E-state index contributed by atoms with van der Waals surface area (Å²) < 4.78 is 36.9. The summed E-state index contributed by atoms with van der Waals surface area (Å²) >= 11 is 0. The molecule has 0 amide bonds.